The highest BCUT2D eigenvalue weighted by Crippen LogP contribution is 1.92. The summed E-state index contributed by atoms with van der Waals surface area (Å²) in [6, 6.07) is 0.263. The summed E-state index contributed by atoms with van der Waals surface area (Å²) in [4.78, 5) is 11.2. The van der Waals surface area contributed by atoms with E-state index in [1.54, 1.807) is 0 Å². The van der Waals surface area contributed by atoms with E-state index in [0.29, 0.717) is 11.5 Å². The van der Waals surface area contributed by atoms with Gasteiger partial charge in [0.05, 0.1) is 0 Å². The van der Waals surface area contributed by atoms with Gasteiger partial charge in [0.2, 0.25) is 5.91 Å². The molecule has 0 unspecified atom stereocenters. The van der Waals surface area contributed by atoms with E-state index in [1.807, 2.05) is 13.8 Å². The lowest BCUT2D eigenvalue weighted by Crippen LogP contribution is -2.42. The number of hydrogen-bond donors (Lipinski definition) is 2. The van der Waals surface area contributed by atoms with E-state index in [-0.39, 0.29) is 11.9 Å². The van der Waals surface area contributed by atoms with E-state index in [0.717, 1.165) is 12.8 Å². The third kappa shape index (κ3) is 7.71. The van der Waals surface area contributed by atoms with Crippen LogP contribution >= 0.6 is 12.2 Å². The van der Waals surface area contributed by atoms with Crippen molar-refractivity contribution in [2.75, 3.05) is 0 Å². The number of carbonyl (C=O) groups is 1. The molecule has 0 aliphatic carbocycles. The molecule has 0 aromatic rings. The van der Waals surface area contributed by atoms with Crippen molar-refractivity contribution in [3.05, 3.63) is 0 Å². The van der Waals surface area contributed by atoms with Crippen molar-refractivity contribution < 1.29 is 4.79 Å². The van der Waals surface area contributed by atoms with E-state index >= 15 is 0 Å². The molecule has 13 heavy (non-hydrogen) atoms. The van der Waals surface area contributed by atoms with E-state index in [9.17, 15) is 4.79 Å². The summed E-state index contributed by atoms with van der Waals surface area (Å²) in [5, 5.41) is 6.00. The fourth-order valence-electron chi connectivity index (χ4n) is 0.825. The van der Waals surface area contributed by atoms with Crippen molar-refractivity contribution in [3.63, 3.8) is 0 Å². The number of nitrogens with one attached hydrogen (secondary N) is 2. The van der Waals surface area contributed by atoms with Crippen LogP contribution in [0.1, 0.15) is 40.0 Å². The van der Waals surface area contributed by atoms with Crippen molar-refractivity contribution >= 4 is 23.2 Å². The number of hydrogen-bond acceptors (Lipinski definition) is 2. The van der Waals surface area contributed by atoms with Gasteiger partial charge in [-0.25, -0.2) is 0 Å². The average Bonchev–Trinajstić information content (AvgIpc) is 1.98. The number of carbonyl (C=O) groups excluding carboxylic acids is 1. The Morgan fingerprint density at radius 1 is 1.46 bits per heavy atom. The van der Waals surface area contributed by atoms with Crippen LogP contribution < -0.4 is 10.6 Å². The number of rotatable bonds is 4. The van der Waals surface area contributed by atoms with Crippen LogP contribution in [0.4, 0.5) is 0 Å². The second-order valence-corrected chi connectivity index (χ2v) is 3.69. The Balaban J connectivity index is 3.59. The number of amides is 1. The maximum Gasteiger partial charge on any atom is 0.226 e. The zero-order valence-electron chi connectivity index (χ0n) is 8.52. The van der Waals surface area contributed by atoms with Gasteiger partial charge in [-0.15, -0.1) is 0 Å². The highest BCUT2D eigenvalue weighted by Gasteiger charge is 2.03. The molecule has 0 bridgehead atoms. The van der Waals surface area contributed by atoms with Crippen molar-refractivity contribution in [2.24, 2.45) is 0 Å². The topological polar surface area (TPSA) is 41.1 Å². The van der Waals surface area contributed by atoms with E-state index < -0.39 is 0 Å². The normalized spacial score (nSPS) is 9.85. The smallest absolute Gasteiger partial charge is 0.226 e. The Labute approximate surface area is 85.3 Å². The summed E-state index contributed by atoms with van der Waals surface area (Å²) in [6.45, 7) is 6.01. The fourth-order valence-corrected chi connectivity index (χ4v) is 1.17. The molecule has 0 saturated carbocycles. The minimum atomic E-state index is 0.000000000000000444. The SMILES string of the molecule is CCCCC(=O)NC(=S)NC(C)C. The van der Waals surface area contributed by atoms with Gasteiger partial charge in [-0.3, -0.25) is 4.79 Å². The molecular formula is C9H18N2OS. The number of unbranched alkanes of at least 4 members (excludes halogenated alkanes) is 1. The molecular weight excluding hydrogens is 184 g/mol. The predicted octanol–water partition coefficient (Wildman–Crippen LogP) is 1.58. The van der Waals surface area contributed by atoms with Gasteiger partial charge in [-0.05, 0) is 32.5 Å². The second-order valence-electron chi connectivity index (χ2n) is 3.28. The molecule has 0 radical (unpaired) electrons. The van der Waals surface area contributed by atoms with Crippen LogP contribution in [0, 0.1) is 0 Å². The third-order valence-corrected chi connectivity index (χ3v) is 1.65. The van der Waals surface area contributed by atoms with Gasteiger partial charge in [-0.2, -0.15) is 0 Å². The minimum absolute atomic E-state index is 0.000000000000000444. The fraction of sp³-hybridized carbons (Fsp3) is 0.778. The molecule has 3 nitrogen and oxygen atoms in total. The van der Waals surface area contributed by atoms with Crippen molar-refractivity contribution in [1.82, 2.24) is 10.6 Å². The molecule has 1 amide bonds. The first kappa shape index (κ1) is 12.4. The lowest BCUT2D eigenvalue weighted by atomic mass is 10.2. The van der Waals surface area contributed by atoms with Crippen LogP contribution in [-0.2, 0) is 4.79 Å². The Kier molecular flexibility index (Phi) is 6.49. The van der Waals surface area contributed by atoms with Gasteiger partial charge < -0.3 is 10.6 Å². The van der Waals surface area contributed by atoms with Gasteiger partial charge in [0.1, 0.15) is 0 Å². The molecule has 2 N–H and O–H groups in total. The molecule has 0 aliphatic heterocycles. The molecule has 0 aliphatic rings. The Bertz CT molecular complexity index is 180. The Hall–Kier alpha value is -0.640. The van der Waals surface area contributed by atoms with Crippen molar-refractivity contribution in [1.29, 1.82) is 0 Å². The highest BCUT2D eigenvalue weighted by atomic mass is 32.1. The lowest BCUT2D eigenvalue weighted by molar-refractivity contribution is -0.119. The summed E-state index contributed by atoms with van der Waals surface area (Å²) in [7, 11) is 0. The molecule has 0 saturated heterocycles. The Morgan fingerprint density at radius 3 is 2.54 bits per heavy atom. The van der Waals surface area contributed by atoms with Crippen LogP contribution in [0.15, 0.2) is 0 Å². The summed E-state index contributed by atoms with van der Waals surface area (Å²) in [5.41, 5.74) is 0. The summed E-state index contributed by atoms with van der Waals surface area (Å²) in [5.74, 6) is 0.000000000000000444. The monoisotopic (exact) mass is 202 g/mol. The van der Waals surface area contributed by atoms with Gasteiger partial charge in [0, 0.05) is 12.5 Å². The summed E-state index contributed by atoms with van der Waals surface area (Å²) < 4.78 is 0. The molecule has 76 valence electrons. The van der Waals surface area contributed by atoms with Crippen LogP contribution in [0.3, 0.4) is 0 Å². The average molecular weight is 202 g/mol. The van der Waals surface area contributed by atoms with Crippen LogP contribution in [0.2, 0.25) is 0 Å². The quantitative estimate of drug-likeness (QED) is 0.680. The Morgan fingerprint density at radius 2 is 2.08 bits per heavy atom. The molecule has 0 rings (SSSR count). The first-order chi connectivity index (χ1) is 6.06. The largest absolute Gasteiger partial charge is 0.360 e. The standard InChI is InChI=1S/C9H18N2OS/c1-4-5-6-8(12)11-9(13)10-7(2)3/h7H,4-6H2,1-3H3,(H2,10,11,12,13). The third-order valence-electron chi connectivity index (χ3n) is 1.43. The van der Waals surface area contributed by atoms with Crippen molar-refractivity contribution in [2.45, 2.75) is 46.1 Å². The highest BCUT2D eigenvalue weighted by molar-refractivity contribution is 7.80. The zero-order valence-corrected chi connectivity index (χ0v) is 9.33. The first-order valence-corrected chi connectivity index (χ1v) is 5.07. The molecule has 0 heterocycles. The van der Waals surface area contributed by atoms with Gasteiger partial charge in [0.25, 0.3) is 0 Å². The molecule has 0 fully saturated rings. The molecule has 4 heteroatoms. The molecule has 0 aromatic heterocycles. The van der Waals surface area contributed by atoms with E-state index in [4.69, 9.17) is 12.2 Å². The zero-order chi connectivity index (χ0) is 10.3. The molecule has 0 aromatic carbocycles. The molecule has 0 atom stereocenters. The summed E-state index contributed by atoms with van der Waals surface area (Å²) >= 11 is 4.91. The summed E-state index contributed by atoms with van der Waals surface area (Å²) in [6.07, 6.45) is 2.49. The maximum absolute atomic E-state index is 11.2. The minimum Gasteiger partial charge on any atom is -0.360 e. The van der Waals surface area contributed by atoms with Crippen LogP contribution in [0.25, 0.3) is 0 Å². The predicted molar refractivity (Wildman–Crippen MR) is 58.5 cm³/mol. The van der Waals surface area contributed by atoms with Crippen LogP contribution in [-0.4, -0.2) is 17.1 Å². The first-order valence-electron chi connectivity index (χ1n) is 4.66. The van der Waals surface area contributed by atoms with E-state index in [1.165, 1.54) is 0 Å². The lowest BCUT2D eigenvalue weighted by Gasteiger charge is -2.11. The van der Waals surface area contributed by atoms with E-state index in [2.05, 4.69) is 17.6 Å². The van der Waals surface area contributed by atoms with Crippen molar-refractivity contribution in [3.8, 4) is 0 Å². The van der Waals surface area contributed by atoms with Gasteiger partial charge in [-0.1, -0.05) is 13.3 Å². The maximum atomic E-state index is 11.2. The van der Waals surface area contributed by atoms with Gasteiger partial charge in [0.15, 0.2) is 5.11 Å². The second kappa shape index (κ2) is 6.83. The molecule has 0 spiro atoms. The van der Waals surface area contributed by atoms with Crippen LogP contribution in [0.5, 0.6) is 0 Å². The van der Waals surface area contributed by atoms with Gasteiger partial charge >= 0.3 is 0 Å². The number of thiocarbonyl (C=S) groups is 1.